The third-order valence-corrected chi connectivity index (χ3v) is 4.35. The van der Waals surface area contributed by atoms with E-state index < -0.39 is 0 Å². The minimum absolute atomic E-state index is 1.01. The monoisotopic (exact) mass is 289 g/mol. The quantitative estimate of drug-likeness (QED) is 0.719. The molecular formula is C19H19N3. The summed E-state index contributed by atoms with van der Waals surface area (Å²) in [6, 6.07) is 21.2. The molecule has 3 aromatic rings. The predicted octanol–water partition coefficient (Wildman–Crippen LogP) is 3.56. The number of benzene rings is 2. The van der Waals surface area contributed by atoms with Crippen molar-refractivity contribution in [3.63, 3.8) is 0 Å². The van der Waals surface area contributed by atoms with Crippen molar-refractivity contribution in [2.24, 2.45) is 0 Å². The summed E-state index contributed by atoms with van der Waals surface area (Å²) < 4.78 is 0. The van der Waals surface area contributed by atoms with Crippen molar-refractivity contribution in [1.29, 1.82) is 0 Å². The van der Waals surface area contributed by atoms with Crippen molar-refractivity contribution < 1.29 is 0 Å². The van der Waals surface area contributed by atoms with Crippen molar-refractivity contribution in [2.45, 2.75) is 0 Å². The molecule has 3 nitrogen and oxygen atoms in total. The van der Waals surface area contributed by atoms with Crippen LogP contribution in [0.4, 0.5) is 11.5 Å². The average molecular weight is 289 g/mol. The molecule has 0 unspecified atom stereocenters. The fraction of sp³-hybridized carbons (Fsp3) is 0.211. The van der Waals surface area contributed by atoms with Gasteiger partial charge < -0.3 is 9.80 Å². The van der Waals surface area contributed by atoms with Crippen LogP contribution >= 0.6 is 0 Å². The molecule has 0 amide bonds. The Bertz CT molecular complexity index is 756. The first kappa shape index (κ1) is 13.1. The molecule has 0 bridgehead atoms. The van der Waals surface area contributed by atoms with Crippen LogP contribution in [-0.2, 0) is 0 Å². The first-order valence-corrected chi connectivity index (χ1v) is 7.80. The molecule has 22 heavy (non-hydrogen) atoms. The minimum atomic E-state index is 1.01. The summed E-state index contributed by atoms with van der Waals surface area (Å²) >= 11 is 0. The van der Waals surface area contributed by atoms with Crippen LogP contribution in [-0.4, -0.2) is 31.2 Å². The van der Waals surface area contributed by atoms with Gasteiger partial charge in [-0.25, -0.2) is 4.98 Å². The molecule has 0 atom stereocenters. The maximum Gasteiger partial charge on any atom is 0.136 e. The van der Waals surface area contributed by atoms with Crippen LogP contribution in [0.2, 0.25) is 0 Å². The molecule has 1 aliphatic heterocycles. The summed E-state index contributed by atoms with van der Waals surface area (Å²) in [6.45, 7) is 4.09. The fourth-order valence-corrected chi connectivity index (χ4v) is 3.17. The molecule has 1 fully saturated rings. The van der Waals surface area contributed by atoms with Gasteiger partial charge in [0.05, 0.1) is 0 Å². The van der Waals surface area contributed by atoms with E-state index in [4.69, 9.17) is 0 Å². The summed E-state index contributed by atoms with van der Waals surface area (Å²) in [5.41, 5.74) is 1.31. The third kappa shape index (κ3) is 2.39. The van der Waals surface area contributed by atoms with Crippen molar-refractivity contribution in [1.82, 2.24) is 4.98 Å². The lowest BCUT2D eigenvalue weighted by atomic mass is 10.1. The van der Waals surface area contributed by atoms with Gasteiger partial charge in [-0.1, -0.05) is 42.5 Å². The first-order valence-electron chi connectivity index (χ1n) is 7.80. The Balaban J connectivity index is 1.56. The number of fused-ring (bicyclic) bond motifs is 1. The summed E-state index contributed by atoms with van der Waals surface area (Å²) in [5, 5.41) is 2.51. The van der Waals surface area contributed by atoms with E-state index in [-0.39, 0.29) is 0 Å². The van der Waals surface area contributed by atoms with Gasteiger partial charge in [0.1, 0.15) is 5.82 Å². The Morgan fingerprint density at radius 1 is 0.682 bits per heavy atom. The summed E-state index contributed by atoms with van der Waals surface area (Å²) in [5.74, 6) is 1.12. The average Bonchev–Trinajstić information content (AvgIpc) is 2.62. The van der Waals surface area contributed by atoms with Gasteiger partial charge in [0, 0.05) is 43.4 Å². The zero-order valence-electron chi connectivity index (χ0n) is 12.5. The smallest absolute Gasteiger partial charge is 0.136 e. The highest BCUT2D eigenvalue weighted by Crippen LogP contribution is 2.26. The van der Waals surface area contributed by atoms with E-state index in [2.05, 4.69) is 75.4 Å². The Kier molecular flexibility index (Phi) is 3.39. The number of para-hydroxylation sites is 1. The second-order valence-corrected chi connectivity index (χ2v) is 5.67. The first-order chi connectivity index (χ1) is 10.9. The highest BCUT2D eigenvalue weighted by molar-refractivity contribution is 5.92. The van der Waals surface area contributed by atoms with E-state index in [0.29, 0.717) is 0 Å². The highest BCUT2D eigenvalue weighted by atomic mass is 15.3. The van der Waals surface area contributed by atoms with E-state index >= 15 is 0 Å². The molecule has 1 saturated heterocycles. The lowest BCUT2D eigenvalue weighted by Crippen LogP contribution is -2.46. The fourth-order valence-electron chi connectivity index (χ4n) is 3.17. The van der Waals surface area contributed by atoms with Gasteiger partial charge in [-0.3, -0.25) is 0 Å². The van der Waals surface area contributed by atoms with E-state index in [0.717, 1.165) is 32.0 Å². The molecule has 1 aromatic heterocycles. The highest BCUT2D eigenvalue weighted by Gasteiger charge is 2.19. The normalized spacial score (nSPS) is 15.3. The van der Waals surface area contributed by atoms with E-state index in [9.17, 15) is 0 Å². The van der Waals surface area contributed by atoms with E-state index in [1.54, 1.807) is 0 Å². The molecule has 110 valence electrons. The topological polar surface area (TPSA) is 19.4 Å². The van der Waals surface area contributed by atoms with Crippen LogP contribution in [0.5, 0.6) is 0 Å². The van der Waals surface area contributed by atoms with Gasteiger partial charge >= 0.3 is 0 Å². The van der Waals surface area contributed by atoms with Gasteiger partial charge in [-0.2, -0.15) is 0 Å². The summed E-state index contributed by atoms with van der Waals surface area (Å²) in [4.78, 5) is 9.49. The van der Waals surface area contributed by atoms with E-state index in [1.165, 1.54) is 16.5 Å². The molecule has 0 aliphatic carbocycles. The number of hydrogen-bond donors (Lipinski definition) is 0. The largest absolute Gasteiger partial charge is 0.368 e. The molecule has 3 heteroatoms. The molecule has 2 heterocycles. The van der Waals surface area contributed by atoms with Crippen molar-refractivity contribution in [2.75, 3.05) is 36.0 Å². The van der Waals surface area contributed by atoms with Crippen molar-refractivity contribution >= 4 is 22.3 Å². The molecule has 0 N–H and O–H groups in total. The van der Waals surface area contributed by atoms with Crippen LogP contribution in [0.25, 0.3) is 10.8 Å². The molecule has 0 saturated carbocycles. The standard InChI is InChI=1S/C19H19N3/c1-2-7-17(8-3-1)21-12-14-22(15-13-21)19-18-9-5-4-6-16(18)10-11-20-19/h1-11H,12-15H2. The Morgan fingerprint density at radius 3 is 2.18 bits per heavy atom. The van der Waals surface area contributed by atoms with Crippen LogP contribution in [0.15, 0.2) is 66.9 Å². The second-order valence-electron chi connectivity index (χ2n) is 5.67. The zero-order valence-corrected chi connectivity index (χ0v) is 12.5. The maximum atomic E-state index is 4.64. The van der Waals surface area contributed by atoms with Gasteiger partial charge in [0.15, 0.2) is 0 Å². The third-order valence-electron chi connectivity index (χ3n) is 4.35. The molecule has 0 radical (unpaired) electrons. The predicted molar refractivity (Wildman–Crippen MR) is 92.6 cm³/mol. The maximum absolute atomic E-state index is 4.64. The molecule has 0 spiro atoms. The van der Waals surface area contributed by atoms with Crippen molar-refractivity contribution in [3.05, 3.63) is 66.9 Å². The van der Waals surface area contributed by atoms with Crippen LogP contribution < -0.4 is 9.80 Å². The Labute approximate surface area is 130 Å². The number of pyridine rings is 1. The Hall–Kier alpha value is -2.55. The SMILES string of the molecule is c1ccc(N2CCN(c3nccc4ccccc34)CC2)cc1. The van der Waals surface area contributed by atoms with Crippen LogP contribution in [0, 0.1) is 0 Å². The lowest BCUT2D eigenvalue weighted by molar-refractivity contribution is 0.649. The van der Waals surface area contributed by atoms with Crippen molar-refractivity contribution in [3.8, 4) is 0 Å². The number of anilines is 2. The second kappa shape index (κ2) is 5.68. The number of aromatic nitrogens is 1. The van der Waals surface area contributed by atoms with Gasteiger partial charge in [0.2, 0.25) is 0 Å². The number of hydrogen-bond acceptors (Lipinski definition) is 3. The number of rotatable bonds is 2. The summed E-state index contributed by atoms with van der Waals surface area (Å²) in [6.07, 6.45) is 1.92. The minimum Gasteiger partial charge on any atom is -0.368 e. The zero-order chi connectivity index (χ0) is 14.8. The number of nitrogens with zero attached hydrogens (tertiary/aromatic N) is 3. The van der Waals surface area contributed by atoms with Crippen LogP contribution in [0.3, 0.4) is 0 Å². The molecular weight excluding hydrogens is 270 g/mol. The lowest BCUT2D eigenvalue weighted by Gasteiger charge is -2.37. The molecule has 4 rings (SSSR count). The van der Waals surface area contributed by atoms with Gasteiger partial charge in [-0.15, -0.1) is 0 Å². The van der Waals surface area contributed by atoms with Crippen LogP contribution in [0.1, 0.15) is 0 Å². The Morgan fingerprint density at radius 2 is 1.36 bits per heavy atom. The van der Waals surface area contributed by atoms with Gasteiger partial charge in [0.25, 0.3) is 0 Å². The molecule has 2 aromatic carbocycles. The molecule has 1 aliphatic rings. The van der Waals surface area contributed by atoms with E-state index in [1.807, 2.05) is 6.20 Å². The summed E-state index contributed by atoms with van der Waals surface area (Å²) in [7, 11) is 0. The van der Waals surface area contributed by atoms with Gasteiger partial charge in [-0.05, 0) is 23.6 Å². The number of piperazine rings is 1.